The van der Waals surface area contributed by atoms with Crippen LogP contribution in [0.1, 0.15) is 28.4 Å². The third-order valence-corrected chi connectivity index (χ3v) is 4.78. The second-order valence-electron chi connectivity index (χ2n) is 7.00. The fraction of sp³-hybridized carbons (Fsp3) is 0.154. The van der Waals surface area contributed by atoms with Gasteiger partial charge in [-0.05, 0) is 66.6 Å². The summed E-state index contributed by atoms with van der Waals surface area (Å²) in [6.07, 6.45) is 3.09. The van der Waals surface area contributed by atoms with E-state index in [1.807, 2.05) is 6.92 Å². The van der Waals surface area contributed by atoms with Crippen LogP contribution in [0.4, 0.5) is 4.39 Å². The number of benzene rings is 3. The van der Waals surface area contributed by atoms with E-state index in [-0.39, 0.29) is 12.4 Å². The van der Waals surface area contributed by atoms with Crippen LogP contribution in [0.5, 0.6) is 17.2 Å². The quantitative estimate of drug-likeness (QED) is 0.213. The van der Waals surface area contributed by atoms with E-state index >= 15 is 0 Å². The van der Waals surface area contributed by atoms with E-state index in [2.05, 4.69) is 17.1 Å². The van der Waals surface area contributed by atoms with Gasteiger partial charge in [-0.2, -0.15) is 5.10 Å². The molecule has 0 saturated heterocycles. The Balaban J connectivity index is 1.60. The van der Waals surface area contributed by atoms with E-state index in [1.165, 1.54) is 18.3 Å². The lowest BCUT2D eigenvalue weighted by Crippen LogP contribution is -2.17. The van der Waals surface area contributed by atoms with Crippen molar-refractivity contribution in [2.75, 3.05) is 13.2 Å². The van der Waals surface area contributed by atoms with Crippen LogP contribution in [0.3, 0.4) is 0 Å². The van der Waals surface area contributed by atoms with Gasteiger partial charge in [0.15, 0.2) is 11.5 Å². The predicted octanol–water partition coefficient (Wildman–Crippen LogP) is 5.79. The monoisotopic (exact) mass is 482 g/mol. The number of hydrogen-bond acceptors (Lipinski definition) is 5. The molecule has 3 rings (SSSR count). The van der Waals surface area contributed by atoms with Crippen molar-refractivity contribution >= 4 is 23.7 Å². The van der Waals surface area contributed by atoms with E-state index in [0.29, 0.717) is 52.2 Å². The summed E-state index contributed by atoms with van der Waals surface area (Å²) in [5, 5.41) is 4.35. The molecule has 0 spiro atoms. The molecule has 1 amide bonds. The van der Waals surface area contributed by atoms with Gasteiger partial charge in [0.1, 0.15) is 24.8 Å². The highest BCUT2D eigenvalue weighted by atomic mass is 35.5. The van der Waals surface area contributed by atoms with Crippen molar-refractivity contribution in [3.63, 3.8) is 0 Å². The molecule has 0 heterocycles. The standard InChI is InChI=1S/C26H24ClFN2O4/c1-3-12-33-24-11-9-20(15-25(24)32-4-2)26(31)30-29-16-18-8-10-23(22(27)14-18)34-17-19-6-5-7-21(28)13-19/h3,5-11,13-16H,1,4,12,17H2,2H3,(H,30,31)/b29-16+. The van der Waals surface area contributed by atoms with Crippen molar-refractivity contribution in [2.24, 2.45) is 5.10 Å². The topological polar surface area (TPSA) is 69.2 Å². The minimum absolute atomic E-state index is 0.183. The van der Waals surface area contributed by atoms with E-state index in [9.17, 15) is 9.18 Å². The summed E-state index contributed by atoms with van der Waals surface area (Å²) in [6.45, 7) is 6.40. The molecule has 0 aliphatic rings. The Hall–Kier alpha value is -3.84. The Bertz CT molecular complexity index is 1180. The molecule has 1 N–H and O–H groups in total. The van der Waals surface area contributed by atoms with Gasteiger partial charge in [0, 0.05) is 5.56 Å². The van der Waals surface area contributed by atoms with Crippen LogP contribution >= 0.6 is 11.6 Å². The van der Waals surface area contributed by atoms with Crippen LogP contribution in [0.2, 0.25) is 5.02 Å². The number of hydrazone groups is 1. The molecule has 3 aromatic rings. The summed E-state index contributed by atoms with van der Waals surface area (Å²) < 4.78 is 30.0. The predicted molar refractivity (Wildman–Crippen MR) is 131 cm³/mol. The molecule has 0 aromatic heterocycles. The molecule has 176 valence electrons. The first-order valence-corrected chi connectivity index (χ1v) is 10.9. The number of ether oxygens (including phenoxy) is 3. The normalized spacial score (nSPS) is 10.7. The molecule has 0 aliphatic carbocycles. The first kappa shape index (κ1) is 24.8. The molecule has 34 heavy (non-hydrogen) atoms. The summed E-state index contributed by atoms with van der Waals surface area (Å²) in [5.41, 5.74) is 4.19. The van der Waals surface area contributed by atoms with Gasteiger partial charge in [-0.3, -0.25) is 4.79 Å². The van der Waals surface area contributed by atoms with Crippen molar-refractivity contribution in [3.05, 3.63) is 101 Å². The zero-order chi connectivity index (χ0) is 24.3. The summed E-state index contributed by atoms with van der Waals surface area (Å²) in [7, 11) is 0. The van der Waals surface area contributed by atoms with Gasteiger partial charge in [0.25, 0.3) is 5.91 Å². The number of hydrogen-bond donors (Lipinski definition) is 1. The van der Waals surface area contributed by atoms with Crippen LogP contribution in [0.25, 0.3) is 0 Å². The van der Waals surface area contributed by atoms with Gasteiger partial charge >= 0.3 is 0 Å². The molecule has 6 nitrogen and oxygen atoms in total. The Morgan fingerprint density at radius 3 is 2.62 bits per heavy atom. The Morgan fingerprint density at radius 1 is 1.06 bits per heavy atom. The molecule has 0 aliphatic heterocycles. The van der Waals surface area contributed by atoms with Gasteiger partial charge in [-0.15, -0.1) is 0 Å². The van der Waals surface area contributed by atoms with Crippen molar-refractivity contribution in [1.29, 1.82) is 0 Å². The van der Waals surface area contributed by atoms with Crippen molar-refractivity contribution in [3.8, 4) is 17.2 Å². The summed E-state index contributed by atoms with van der Waals surface area (Å²) >= 11 is 6.28. The average molecular weight is 483 g/mol. The number of amides is 1. The summed E-state index contributed by atoms with van der Waals surface area (Å²) in [5.74, 6) is 0.701. The van der Waals surface area contributed by atoms with Gasteiger partial charge in [-0.25, -0.2) is 9.82 Å². The van der Waals surface area contributed by atoms with Gasteiger partial charge < -0.3 is 14.2 Å². The molecule has 8 heteroatoms. The number of nitrogens with zero attached hydrogens (tertiary/aromatic N) is 1. The zero-order valence-electron chi connectivity index (χ0n) is 18.6. The molecule has 0 bridgehead atoms. The van der Waals surface area contributed by atoms with Crippen molar-refractivity contribution in [1.82, 2.24) is 5.43 Å². The van der Waals surface area contributed by atoms with Crippen molar-refractivity contribution in [2.45, 2.75) is 13.5 Å². The average Bonchev–Trinajstić information content (AvgIpc) is 2.83. The van der Waals surface area contributed by atoms with Crippen LogP contribution in [-0.4, -0.2) is 25.3 Å². The van der Waals surface area contributed by atoms with Crippen LogP contribution in [0, 0.1) is 5.82 Å². The number of rotatable bonds is 11. The molecule has 0 radical (unpaired) electrons. The third kappa shape index (κ3) is 7.08. The Morgan fingerprint density at radius 2 is 1.88 bits per heavy atom. The number of nitrogens with one attached hydrogen (secondary N) is 1. The fourth-order valence-electron chi connectivity index (χ4n) is 2.92. The molecular weight excluding hydrogens is 459 g/mol. The third-order valence-electron chi connectivity index (χ3n) is 4.48. The van der Waals surface area contributed by atoms with E-state index in [4.69, 9.17) is 25.8 Å². The highest BCUT2D eigenvalue weighted by Crippen LogP contribution is 2.29. The molecule has 0 fully saturated rings. The fourth-order valence-corrected chi connectivity index (χ4v) is 3.16. The molecule has 0 saturated carbocycles. The Labute approximate surface area is 202 Å². The first-order chi connectivity index (χ1) is 16.5. The zero-order valence-corrected chi connectivity index (χ0v) is 19.3. The maximum atomic E-state index is 13.3. The SMILES string of the molecule is C=CCOc1ccc(C(=O)N/N=C/c2ccc(OCc3cccc(F)c3)c(Cl)c2)cc1OCC. The highest BCUT2D eigenvalue weighted by Gasteiger charge is 2.11. The smallest absolute Gasteiger partial charge is 0.271 e. The first-order valence-electron chi connectivity index (χ1n) is 10.5. The Kier molecular flexibility index (Phi) is 9.05. The molecule has 3 aromatic carbocycles. The van der Waals surface area contributed by atoms with Gasteiger partial charge in [0.05, 0.1) is 17.8 Å². The van der Waals surface area contributed by atoms with Crippen LogP contribution in [0.15, 0.2) is 78.4 Å². The van der Waals surface area contributed by atoms with E-state index in [0.717, 1.165) is 0 Å². The minimum atomic E-state index is -0.409. The number of carbonyl (C=O) groups is 1. The number of halogens is 2. The second kappa shape index (κ2) is 12.4. The largest absolute Gasteiger partial charge is 0.490 e. The lowest BCUT2D eigenvalue weighted by molar-refractivity contribution is 0.0954. The maximum absolute atomic E-state index is 13.3. The summed E-state index contributed by atoms with van der Waals surface area (Å²) in [4.78, 5) is 12.5. The molecule has 0 unspecified atom stereocenters. The van der Waals surface area contributed by atoms with E-state index in [1.54, 1.807) is 54.6 Å². The van der Waals surface area contributed by atoms with Crippen LogP contribution in [-0.2, 0) is 6.61 Å². The van der Waals surface area contributed by atoms with Gasteiger partial charge in [0.2, 0.25) is 0 Å². The molecule has 0 atom stereocenters. The number of carbonyl (C=O) groups excluding carboxylic acids is 1. The minimum Gasteiger partial charge on any atom is -0.490 e. The lowest BCUT2D eigenvalue weighted by Gasteiger charge is -2.12. The van der Waals surface area contributed by atoms with Crippen molar-refractivity contribution < 1.29 is 23.4 Å². The highest BCUT2D eigenvalue weighted by molar-refractivity contribution is 6.32. The lowest BCUT2D eigenvalue weighted by atomic mass is 10.2. The van der Waals surface area contributed by atoms with Gasteiger partial charge in [-0.1, -0.05) is 36.4 Å². The second-order valence-corrected chi connectivity index (χ2v) is 7.41. The van der Waals surface area contributed by atoms with Crippen LogP contribution < -0.4 is 19.6 Å². The molecular formula is C26H24ClFN2O4. The maximum Gasteiger partial charge on any atom is 0.271 e. The summed E-state index contributed by atoms with van der Waals surface area (Å²) in [6, 6.07) is 16.1. The van der Waals surface area contributed by atoms with E-state index < -0.39 is 5.91 Å².